The van der Waals surface area contributed by atoms with Crippen LogP contribution in [0.3, 0.4) is 0 Å². The number of aliphatic imine (C=N–C) groups is 1. The molecule has 0 saturated heterocycles. The topological polar surface area (TPSA) is 88.7 Å². The summed E-state index contributed by atoms with van der Waals surface area (Å²) in [6, 6.07) is 5.20. The molecule has 0 heterocycles. The van der Waals surface area contributed by atoms with E-state index < -0.39 is 0 Å². The van der Waals surface area contributed by atoms with Gasteiger partial charge >= 0.3 is 0 Å². The fraction of sp³-hybridized carbons (Fsp3) is 0.333. The predicted octanol–water partition coefficient (Wildman–Crippen LogP) is 1.83. The molecule has 8 heteroatoms. The number of carbonyl (C=O) groups excluding carboxylic acids is 1. The Kier molecular flexibility index (Phi) is 9.06. The van der Waals surface area contributed by atoms with Crippen molar-refractivity contribution in [2.24, 2.45) is 10.7 Å². The lowest BCUT2D eigenvalue weighted by Gasteiger charge is -2.08. The zero-order valence-electron chi connectivity index (χ0n) is 11.3. The SMILES string of the molecule is COc1ccc(NC(N)=NCCNC(C)=O)cc1Cl.I. The van der Waals surface area contributed by atoms with Crippen LogP contribution in [0.5, 0.6) is 5.75 Å². The average Bonchev–Trinajstić information content (AvgIpc) is 2.35. The number of halogens is 2. The van der Waals surface area contributed by atoms with Gasteiger partial charge in [-0.3, -0.25) is 9.79 Å². The van der Waals surface area contributed by atoms with E-state index in [9.17, 15) is 4.79 Å². The summed E-state index contributed by atoms with van der Waals surface area (Å²) in [5.41, 5.74) is 6.41. The van der Waals surface area contributed by atoms with Gasteiger partial charge in [-0.1, -0.05) is 11.6 Å². The molecule has 0 aliphatic heterocycles. The Morgan fingerprint density at radius 2 is 2.20 bits per heavy atom. The van der Waals surface area contributed by atoms with Crippen molar-refractivity contribution < 1.29 is 9.53 Å². The Morgan fingerprint density at radius 3 is 2.75 bits per heavy atom. The van der Waals surface area contributed by atoms with Crippen molar-refractivity contribution in [1.29, 1.82) is 0 Å². The maximum atomic E-state index is 10.6. The maximum Gasteiger partial charge on any atom is 0.216 e. The molecule has 0 atom stereocenters. The fourth-order valence-electron chi connectivity index (χ4n) is 1.34. The van der Waals surface area contributed by atoms with Gasteiger partial charge < -0.3 is 21.1 Å². The molecular formula is C12H18ClIN4O2. The van der Waals surface area contributed by atoms with E-state index in [0.717, 1.165) is 0 Å². The highest BCUT2D eigenvalue weighted by molar-refractivity contribution is 14.0. The second-order valence-electron chi connectivity index (χ2n) is 3.72. The quantitative estimate of drug-likeness (QED) is 0.298. The molecular weight excluding hydrogens is 395 g/mol. The Labute approximate surface area is 140 Å². The minimum atomic E-state index is -0.0938. The van der Waals surface area contributed by atoms with E-state index in [1.165, 1.54) is 6.92 Å². The zero-order valence-corrected chi connectivity index (χ0v) is 14.4. The summed E-state index contributed by atoms with van der Waals surface area (Å²) in [6.07, 6.45) is 0. The standard InChI is InChI=1S/C12H17ClN4O2.HI/c1-8(18)15-5-6-16-12(14)17-9-3-4-11(19-2)10(13)7-9;/h3-4,7H,5-6H2,1-2H3,(H,15,18)(H3,14,16,17);1H. The van der Waals surface area contributed by atoms with Crippen molar-refractivity contribution in [1.82, 2.24) is 5.32 Å². The average molecular weight is 413 g/mol. The molecule has 0 fully saturated rings. The van der Waals surface area contributed by atoms with Gasteiger partial charge in [-0.15, -0.1) is 24.0 Å². The Balaban J connectivity index is 0.00000361. The first-order valence-corrected chi connectivity index (χ1v) is 6.05. The molecule has 1 aromatic carbocycles. The zero-order chi connectivity index (χ0) is 14.3. The van der Waals surface area contributed by atoms with Gasteiger partial charge in [0.1, 0.15) is 5.75 Å². The highest BCUT2D eigenvalue weighted by Gasteiger charge is 2.02. The monoisotopic (exact) mass is 412 g/mol. The number of nitrogens with two attached hydrogens (primary N) is 1. The van der Waals surface area contributed by atoms with E-state index >= 15 is 0 Å². The summed E-state index contributed by atoms with van der Waals surface area (Å²) in [5, 5.41) is 6.00. The third-order valence-electron chi connectivity index (χ3n) is 2.19. The lowest BCUT2D eigenvalue weighted by molar-refractivity contribution is -0.118. The van der Waals surface area contributed by atoms with Gasteiger partial charge in [0.25, 0.3) is 0 Å². The van der Waals surface area contributed by atoms with Gasteiger partial charge in [-0.25, -0.2) is 0 Å². The van der Waals surface area contributed by atoms with Gasteiger partial charge in [0.15, 0.2) is 5.96 Å². The molecule has 0 aliphatic rings. The van der Waals surface area contributed by atoms with Gasteiger partial charge in [-0.2, -0.15) is 0 Å². The van der Waals surface area contributed by atoms with Crippen LogP contribution < -0.4 is 21.1 Å². The first kappa shape index (κ1) is 18.8. The summed E-state index contributed by atoms with van der Waals surface area (Å²) >= 11 is 5.98. The molecule has 1 aromatic rings. The van der Waals surface area contributed by atoms with Crippen molar-refractivity contribution in [3.8, 4) is 5.75 Å². The number of rotatable bonds is 5. The number of methoxy groups -OCH3 is 1. The molecule has 0 unspecified atom stereocenters. The number of nitrogens with zero attached hydrogens (tertiary/aromatic N) is 1. The Bertz CT molecular complexity index is 483. The number of carbonyl (C=O) groups is 1. The number of amides is 1. The van der Waals surface area contributed by atoms with Gasteiger partial charge in [0, 0.05) is 19.2 Å². The van der Waals surface area contributed by atoms with Crippen LogP contribution in [0.15, 0.2) is 23.2 Å². The van der Waals surface area contributed by atoms with Crippen molar-refractivity contribution >= 4 is 53.1 Å². The molecule has 6 nitrogen and oxygen atoms in total. The molecule has 4 N–H and O–H groups in total. The predicted molar refractivity (Wildman–Crippen MR) is 92.2 cm³/mol. The largest absolute Gasteiger partial charge is 0.495 e. The van der Waals surface area contributed by atoms with Crippen LogP contribution in [0.4, 0.5) is 5.69 Å². The lowest BCUT2D eigenvalue weighted by Crippen LogP contribution is -2.26. The summed E-state index contributed by atoms with van der Waals surface area (Å²) in [6.45, 7) is 2.30. The summed E-state index contributed by atoms with van der Waals surface area (Å²) in [5.74, 6) is 0.753. The number of anilines is 1. The maximum absolute atomic E-state index is 10.6. The molecule has 0 spiro atoms. The van der Waals surface area contributed by atoms with Crippen LogP contribution in [0, 0.1) is 0 Å². The molecule has 0 aliphatic carbocycles. The van der Waals surface area contributed by atoms with Gasteiger partial charge in [-0.05, 0) is 18.2 Å². The number of ether oxygens (including phenoxy) is 1. The Hall–Kier alpha value is -1.22. The van der Waals surface area contributed by atoms with Crippen LogP contribution >= 0.6 is 35.6 Å². The molecule has 0 saturated carbocycles. The number of guanidine groups is 1. The molecule has 112 valence electrons. The summed E-state index contributed by atoms with van der Waals surface area (Å²) < 4.78 is 5.05. The van der Waals surface area contributed by atoms with Crippen LogP contribution in [0.1, 0.15) is 6.92 Å². The minimum Gasteiger partial charge on any atom is -0.495 e. The van der Waals surface area contributed by atoms with E-state index in [1.54, 1.807) is 25.3 Å². The molecule has 0 radical (unpaired) electrons. The van der Waals surface area contributed by atoms with Crippen LogP contribution in [0.2, 0.25) is 5.02 Å². The second kappa shape index (κ2) is 9.65. The first-order valence-electron chi connectivity index (χ1n) is 5.68. The van der Waals surface area contributed by atoms with Gasteiger partial charge in [0.05, 0.1) is 18.7 Å². The molecule has 0 bridgehead atoms. The molecule has 1 amide bonds. The number of benzene rings is 1. The minimum absolute atomic E-state index is 0. The van der Waals surface area contributed by atoms with E-state index in [2.05, 4.69) is 15.6 Å². The first-order chi connectivity index (χ1) is 9.02. The lowest BCUT2D eigenvalue weighted by atomic mass is 10.3. The third kappa shape index (κ3) is 6.80. The van der Waals surface area contributed by atoms with E-state index in [4.69, 9.17) is 22.1 Å². The highest BCUT2D eigenvalue weighted by Crippen LogP contribution is 2.26. The van der Waals surface area contributed by atoms with Crippen molar-refractivity contribution in [3.05, 3.63) is 23.2 Å². The van der Waals surface area contributed by atoms with Crippen LogP contribution in [-0.4, -0.2) is 32.1 Å². The van der Waals surface area contributed by atoms with Crippen molar-refractivity contribution in [3.63, 3.8) is 0 Å². The van der Waals surface area contributed by atoms with Crippen molar-refractivity contribution in [2.75, 3.05) is 25.5 Å². The summed E-state index contributed by atoms with van der Waals surface area (Å²) in [4.78, 5) is 14.7. The second-order valence-corrected chi connectivity index (χ2v) is 4.13. The number of hydrogen-bond acceptors (Lipinski definition) is 3. The Morgan fingerprint density at radius 1 is 1.50 bits per heavy atom. The van der Waals surface area contributed by atoms with E-state index in [1.807, 2.05) is 0 Å². The molecule has 0 aromatic heterocycles. The fourth-order valence-corrected chi connectivity index (χ4v) is 1.60. The van der Waals surface area contributed by atoms with E-state index in [0.29, 0.717) is 29.5 Å². The van der Waals surface area contributed by atoms with E-state index in [-0.39, 0.29) is 35.8 Å². The van der Waals surface area contributed by atoms with Crippen molar-refractivity contribution in [2.45, 2.75) is 6.92 Å². The number of hydrogen-bond donors (Lipinski definition) is 3. The molecule has 1 rings (SSSR count). The summed E-state index contributed by atoms with van der Waals surface area (Å²) in [7, 11) is 1.55. The smallest absolute Gasteiger partial charge is 0.216 e. The van der Waals surface area contributed by atoms with Crippen LogP contribution in [0.25, 0.3) is 0 Å². The third-order valence-corrected chi connectivity index (χ3v) is 2.49. The van der Waals surface area contributed by atoms with Crippen LogP contribution in [-0.2, 0) is 4.79 Å². The van der Waals surface area contributed by atoms with Gasteiger partial charge in [0.2, 0.25) is 5.91 Å². The molecule has 20 heavy (non-hydrogen) atoms. The number of nitrogens with one attached hydrogen (secondary N) is 2. The highest BCUT2D eigenvalue weighted by atomic mass is 127. The normalized spacial score (nSPS) is 10.4.